The van der Waals surface area contributed by atoms with E-state index in [0.29, 0.717) is 0 Å². The van der Waals surface area contributed by atoms with Crippen LogP contribution < -0.4 is 0 Å². The molecule has 0 aliphatic heterocycles. The van der Waals surface area contributed by atoms with Crippen molar-refractivity contribution < 1.29 is 9.53 Å². The molecule has 2 nitrogen and oxygen atoms in total. The van der Waals surface area contributed by atoms with Gasteiger partial charge in [0.2, 0.25) is 0 Å². The smallest absolute Gasteiger partial charge is 0.322 e. The maximum atomic E-state index is 11.5. The summed E-state index contributed by atoms with van der Waals surface area (Å²) >= 11 is 3.30. The lowest BCUT2D eigenvalue weighted by Crippen LogP contribution is -2.31. The zero-order valence-electron chi connectivity index (χ0n) is 8.31. The van der Waals surface area contributed by atoms with E-state index < -0.39 is 4.32 Å². The van der Waals surface area contributed by atoms with E-state index in [-0.39, 0.29) is 12.1 Å². The van der Waals surface area contributed by atoms with E-state index >= 15 is 0 Å². The SMILES string of the molecule is CC(C)(Br)C(=O)OC1CCCCC1. The van der Waals surface area contributed by atoms with Crippen molar-refractivity contribution in [3.63, 3.8) is 0 Å². The summed E-state index contributed by atoms with van der Waals surface area (Å²) in [6.45, 7) is 3.64. The first-order chi connectivity index (χ1) is 6.00. The molecule has 0 unspecified atom stereocenters. The van der Waals surface area contributed by atoms with Crippen molar-refractivity contribution in [3.05, 3.63) is 0 Å². The van der Waals surface area contributed by atoms with E-state index in [1.165, 1.54) is 19.3 Å². The molecule has 0 radical (unpaired) electrons. The van der Waals surface area contributed by atoms with E-state index in [9.17, 15) is 4.79 Å². The highest BCUT2D eigenvalue weighted by atomic mass is 79.9. The molecule has 1 aliphatic carbocycles. The maximum Gasteiger partial charge on any atom is 0.322 e. The number of carbonyl (C=O) groups is 1. The summed E-state index contributed by atoms with van der Waals surface area (Å²) in [4.78, 5) is 11.5. The predicted octanol–water partition coefficient (Wildman–Crippen LogP) is 3.04. The number of alkyl halides is 1. The minimum atomic E-state index is -0.537. The molecule has 0 aromatic carbocycles. The van der Waals surface area contributed by atoms with Crippen LogP contribution >= 0.6 is 15.9 Å². The Balaban J connectivity index is 2.35. The van der Waals surface area contributed by atoms with E-state index in [0.717, 1.165) is 12.8 Å². The van der Waals surface area contributed by atoms with Gasteiger partial charge in [0.25, 0.3) is 0 Å². The molecule has 1 rings (SSSR count). The number of carbonyl (C=O) groups excluding carboxylic acids is 1. The van der Waals surface area contributed by atoms with Crippen molar-refractivity contribution in [1.82, 2.24) is 0 Å². The second-order valence-corrected chi connectivity index (χ2v) is 6.12. The summed E-state index contributed by atoms with van der Waals surface area (Å²) in [6.07, 6.45) is 5.91. The average Bonchev–Trinajstić information content (AvgIpc) is 2.04. The van der Waals surface area contributed by atoms with E-state index in [4.69, 9.17) is 4.74 Å². The largest absolute Gasteiger partial charge is 0.461 e. The van der Waals surface area contributed by atoms with Gasteiger partial charge in [-0.2, -0.15) is 0 Å². The molecule has 1 saturated carbocycles. The van der Waals surface area contributed by atoms with Gasteiger partial charge in [0.05, 0.1) is 0 Å². The molecule has 0 N–H and O–H groups in total. The molecule has 0 spiro atoms. The van der Waals surface area contributed by atoms with Crippen molar-refractivity contribution in [1.29, 1.82) is 0 Å². The molecule has 76 valence electrons. The molecule has 3 heteroatoms. The van der Waals surface area contributed by atoms with Gasteiger partial charge in [0, 0.05) is 0 Å². The van der Waals surface area contributed by atoms with Crippen molar-refractivity contribution in [2.45, 2.75) is 56.4 Å². The first-order valence-electron chi connectivity index (χ1n) is 4.90. The van der Waals surface area contributed by atoms with Crippen LogP contribution in [0.4, 0.5) is 0 Å². The minimum Gasteiger partial charge on any atom is -0.461 e. The van der Waals surface area contributed by atoms with Crippen molar-refractivity contribution >= 4 is 21.9 Å². The van der Waals surface area contributed by atoms with Gasteiger partial charge in [-0.25, -0.2) is 0 Å². The van der Waals surface area contributed by atoms with Crippen LogP contribution in [0, 0.1) is 0 Å². The van der Waals surface area contributed by atoms with Gasteiger partial charge in [-0.3, -0.25) is 4.79 Å². The highest BCUT2D eigenvalue weighted by molar-refractivity contribution is 9.10. The van der Waals surface area contributed by atoms with Crippen LogP contribution in [0.1, 0.15) is 46.0 Å². The Morgan fingerprint density at radius 2 is 1.85 bits per heavy atom. The van der Waals surface area contributed by atoms with Gasteiger partial charge in [-0.1, -0.05) is 22.4 Å². The zero-order chi connectivity index (χ0) is 9.90. The van der Waals surface area contributed by atoms with Crippen LogP contribution in [0.25, 0.3) is 0 Å². The van der Waals surface area contributed by atoms with E-state index in [1.807, 2.05) is 13.8 Å². The standard InChI is InChI=1S/C10H17BrO2/c1-10(2,11)9(12)13-8-6-4-3-5-7-8/h8H,3-7H2,1-2H3. The van der Waals surface area contributed by atoms with Gasteiger partial charge in [-0.15, -0.1) is 0 Å². The lowest BCUT2D eigenvalue weighted by atomic mass is 9.98. The molecule has 0 aromatic rings. The van der Waals surface area contributed by atoms with Crippen LogP contribution in [0.3, 0.4) is 0 Å². The van der Waals surface area contributed by atoms with Crippen LogP contribution in [-0.2, 0) is 9.53 Å². The van der Waals surface area contributed by atoms with E-state index in [1.54, 1.807) is 0 Å². The predicted molar refractivity (Wildman–Crippen MR) is 56.0 cm³/mol. The summed E-state index contributed by atoms with van der Waals surface area (Å²) in [7, 11) is 0. The average molecular weight is 249 g/mol. The Morgan fingerprint density at radius 1 is 1.31 bits per heavy atom. The Kier molecular flexibility index (Phi) is 3.77. The second kappa shape index (κ2) is 4.45. The van der Waals surface area contributed by atoms with Gasteiger partial charge < -0.3 is 4.74 Å². The molecular formula is C10H17BrO2. The molecule has 0 amide bonds. The quantitative estimate of drug-likeness (QED) is 0.555. The van der Waals surface area contributed by atoms with E-state index in [2.05, 4.69) is 15.9 Å². The summed E-state index contributed by atoms with van der Waals surface area (Å²) < 4.78 is 4.83. The topological polar surface area (TPSA) is 26.3 Å². The molecule has 1 fully saturated rings. The lowest BCUT2D eigenvalue weighted by Gasteiger charge is -2.25. The van der Waals surface area contributed by atoms with Crippen molar-refractivity contribution in [3.8, 4) is 0 Å². The van der Waals surface area contributed by atoms with Crippen molar-refractivity contribution in [2.24, 2.45) is 0 Å². The summed E-state index contributed by atoms with van der Waals surface area (Å²) in [5, 5.41) is 0. The number of hydrogen-bond donors (Lipinski definition) is 0. The third-order valence-electron chi connectivity index (χ3n) is 2.31. The summed E-state index contributed by atoms with van der Waals surface area (Å²) in [5.41, 5.74) is 0. The van der Waals surface area contributed by atoms with Crippen LogP contribution in [0.2, 0.25) is 0 Å². The first-order valence-corrected chi connectivity index (χ1v) is 5.69. The number of hydrogen-bond acceptors (Lipinski definition) is 2. The fraction of sp³-hybridized carbons (Fsp3) is 0.900. The molecule has 0 saturated heterocycles. The monoisotopic (exact) mass is 248 g/mol. The Bertz CT molecular complexity index is 178. The molecule has 0 heterocycles. The van der Waals surface area contributed by atoms with Crippen LogP contribution in [0.5, 0.6) is 0 Å². The van der Waals surface area contributed by atoms with Crippen LogP contribution in [-0.4, -0.2) is 16.4 Å². The first kappa shape index (κ1) is 11.0. The Morgan fingerprint density at radius 3 is 2.31 bits per heavy atom. The third kappa shape index (κ3) is 3.67. The number of rotatable bonds is 2. The molecule has 13 heavy (non-hydrogen) atoms. The normalized spacial score (nSPS) is 19.9. The summed E-state index contributed by atoms with van der Waals surface area (Å²) in [6, 6.07) is 0. The van der Waals surface area contributed by atoms with Gasteiger partial charge in [0.15, 0.2) is 0 Å². The number of halogens is 1. The van der Waals surface area contributed by atoms with Gasteiger partial charge >= 0.3 is 5.97 Å². The number of esters is 1. The van der Waals surface area contributed by atoms with Crippen molar-refractivity contribution in [2.75, 3.05) is 0 Å². The Hall–Kier alpha value is -0.0500. The summed E-state index contributed by atoms with van der Waals surface area (Å²) in [5.74, 6) is -0.139. The minimum absolute atomic E-state index is 0.139. The zero-order valence-corrected chi connectivity index (χ0v) is 9.89. The van der Waals surface area contributed by atoms with Gasteiger partial charge in [-0.05, 0) is 39.5 Å². The fourth-order valence-corrected chi connectivity index (χ4v) is 1.57. The highest BCUT2D eigenvalue weighted by Gasteiger charge is 2.28. The highest BCUT2D eigenvalue weighted by Crippen LogP contribution is 2.24. The Labute approximate surface area is 88.2 Å². The molecule has 0 aromatic heterocycles. The third-order valence-corrected chi connectivity index (χ3v) is 2.64. The molecule has 0 atom stereocenters. The maximum absolute atomic E-state index is 11.5. The second-order valence-electron chi connectivity index (χ2n) is 4.14. The number of ether oxygens (including phenoxy) is 1. The molecule has 1 aliphatic rings. The van der Waals surface area contributed by atoms with Crippen LogP contribution in [0.15, 0.2) is 0 Å². The molecule has 0 bridgehead atoms. The fourth-order valence-electron chi connectivity index (χ4n) is 1.47. The lowest BCUT2D eigenvalue weighted by molar-refractivity contribution is -0.152. The van der Waals surface area contributed by atoms with Gasteiger partial charge in [0.1, 0.15) is 10.4 Å². The molecular weight excluding hydrogens is 232 g/mol.